The van der Waals surface area contributed by atoms with E-state index in [2.05, 4.69) is 11.2 Å². The largest absolute Gasteiger partial charge is 0.478 e. The molecule has 0 aliphatic heterocycles. The van der Waals surface area contributed by atoms with E-state index >= 15 is 0 Å². The van der Waals surface area contributed by atoms with Crippen molar-refractivity contribution in [1.82, 2.24) is 9.55 Å². The molecule has 1 aliphatic carbocycles. The van der Waals surface area contributed by atoms with Gasteiger partial charge in [0.1, 0.15) is 0 Å². The van der Waals surface area contributed by atoms with Gasteiger partial charge in [-0.05, 0) is 44.1 Å². The Morgan fingerprint density at radius 3 is 2.67 bits per heavy atom. The van der Waals surface area contributed by atoms with Crippen LogP contribution in [0.5, 0.6) is 0 Å². The lowest BCUT2D eigenvalue weighted by molar-refractivity contribution is 0.0698. The lowest BCUT2D eigenvalue weighted by Gasteiger charge is -2.28. The van der Waals surface area contributed by atoms with Gasteiger partial charge in [0.05, 0.1) is 16.6 Å². The quantitative estimate of drug-likeness (QED) is 0.914. The number of thioether (sulfide) groups is 1. The number of nitrogens with one attached hydrogen (secondary N) is 1. The molecule has 112 valence electrons. The minimum absolute atomic E-state index is 0.0927. The van der Waals surface area contributed by atoms with E-state index in [4.69, 9.17) is 0 Å². The Bertz CT molecular complexity index is 726. The van der Waals surface area contributed by atoms with Crippen LogP contribution < -0.4 is 5.69 Å². The summed E-state index contributed by atoms with van der Waals surface area (Å²) in [5.74, 6) is -0.994. The zero-order valence-electron chi connectivity index (χ0n) is 11.8. The van der Waals surface area contributed by atoms with Crippen LogP contribution in [0.3, 0.4) is 0 Å². The van der Waals surface area contributed by atoms with Gasteiger partial charge in [0.2, 0.25) is 0 Å². The fourth-order valence-corrected chi connectivity index (χ4v) is 3.98. The van der Waals surface area contributed by atoms with Crippen LogP contribution >= 0.6 is 11.8 Å². The molecular formula is C15H18N2O3S. The van der Waals surface area contributed by atoms with Crippen LogP contribution in [-0.2, 0) is 0 Å². The zero-order chi connectivity index (χ0) is 15.0. The molecule has 0 bridgehead atoms. The lowest BCUT2D eigenvalue weighted by atomic mass is 9.94. The number of carbonyl (C=O) groups is 1. The van der Waals surface area contributed by atoms with Crippen LogP contribution in [-0.4, -0.2) is 32.1 Å². The number of hydrogen-bond donors (Lipinski definition) is 2. The number of benzene rings is 1. The number of carboxylic acids is 1. The van der Waals surface area contributed by atoms with Crippen molar-refractivity contribution < 1.29 is 9.90 Å². The molecule has 1 aromatic heterocycles. The average molecular weight is 306 g/mol. The highest BCUT2D eigenvalue weighted by Crippen LogP contribution is 2.34. The first-order valence-corrected chi connectivity index (χ1v) is 8.40. The van der Waals surface area contributed by atoms with Gasteiger partial charge in [0.25, 0.3) is 0 Å². The highest BCUT2D eigenvalue weighted by atomic mass is 32.2. The van der Waals surface area contributed by atoms with Gasteiger partial charge in [0, 0.05) is 11.3 Å². The van der Waals surface area contributed by atoms with Gasteiger partial charge < -0.3 is 10.1 Å². The highest BCUT2D eigenvalue weighted by molar-refractivity contribution is 7.99. The molecule has 21 heavy (non-hydrogen) atoms. The van der Waals surface area contributed by atoms with Gasteiger partial charge in [-0.3, -0.25) is 4.57 Å². The van der Waals surface area contributed by atoms with Gasteiger partial charge in [0.15, 0.2) is 0 Å². The van der Waals surface area contributed by atoms with Gasteiger partial charge >= 0.3 is 11.7 Å². The summed E-state index contributed by atoms with van der Waals surface area (Å²) in [6.45, 7) is 0. The van der Waals surface area contributed by atoms with Crippen molar-refractivity contribution >= 4 is 28.8 Å². The normalized spacial score (nSPS) is 22.5. The number of rotatable bonds is 3. The van der Waals surface area contributed by atoms with Crippen LogP contribution in [0, 0.1) is 0 Å². The molecule has 1 heterocycles. The Balaban J connectivity index is 2.08. The Hall–Kier alpha value is -1.69. The molecule has 2 N–H and O–H groups in total. The van der Waals surface area contributed by atoms with Crippen molar-refractivity contribution in [2.75, 3.05) is 6.26 Å². The van der Waals surface area contributed by atoms with Crippen LogP contribution in [0.1, 0.15) is 42.1 Å². The van der Waals surface area contributed by atoms with E-state index in [1.165, 1.54) is 0 Å². The summed E-state index contributed by atoms with van der Waals surface area (Å²) in [5.41, 5.74) is 1.12. The van der Waals surface area contributed by atoms with Gasteiger partial charge in [-0.2, -0.15) is 11.8 Å². The second-order valence-electron chi connectivity index (χ2n) is 5.47. The molecule has 0 spiro atoms. The number of fused-ring (bicyclic) bond motifs is 1. The molecule has 0 radical (unpaired) electrons. The third-order valence-corrected chi connectivity index (χ3v) is 5.45. The molecular weight excluding hydrogens is 288 g/mol. The number of aromatic nitrogens is 2. The van der Waals surface area contributed by atoms with E-state index in [9.17, 15) is 14.7 Å². The van der Waals surface area contributed by atoms with E-state index in [-0.39, 0.29) is 17.3 Å². The van der Waals surface area contributed by atoms with Crippen molar-refractivity contribution in [1.29, 1.82) is 0 Å². The van der Waals surface area contributed by atoms with Gasteiger partial charge in [-0.1, -0.05) is 6.07 Å². The predicted octanol–water partition coefficient (Wildman–Crippen LogP) is 2.87. The Morgan fingerprint density at radius 1 is 1.33 bits per heavy atom. The van der Waals surface area contributed by atoms with E-state index in [1.54, 1.807) is 22.8 Å². The summed E-state index contributed by atoms with van der Waals surface area (Å²) in [6, 6.07) is 5.07. The summed E-state index contributed by atoms with van der Waals surface area (Å²) in [7, 11) is 0. The smallest absolute Gasteiger partial charge is 0.337 e. The monoisotopic (exact) mass is 306 g/mol. The first-order chi connectivity index (χ1) is 10.1. The molecule has 1 fully saturated rings. The maximum atomic E-state index is 12.3. The Morgan fingerprint density at radius 2 is 2.05 bits per heavy atom. The highest BCUT2D eigenvalue weighted by Gasteiger charge is 2.26. The first kappa shape index (κ1) is 14.3. The molecule has 1 aliphatic rings. The zero-order valence-corrected chi connectivity index (χ0v) is 12.7. The van der Waals surface area contributed by atoms with Crippen molar-refractivity contribution in [3.63, 3.8) is 0 Å². The summed E-state index contributed by atoms with van der Waals surface area (Å²) >= 11 is 1.87. The molecule has 2 aromatic rings. The van der Waals surface area contributed by atoms with Crippen molar-refractivity contribution in [2.45, 2.75) is 37.0 Å². The second kappa shape index (κ2) is 5.60. The number of carboxylic acid groups (broad SMARTS) is 1. The molecule has 5 nitrogen and oxygen atoms in total. The van der Waals surface area contributed by atoms with Crippen molar-refractivity contribution in [3.05, 3.63) is 34.2 Å². The number of aromatic carboxylic acids is 1. The molecule has 1 aromatic carbocycles. The number of hydrogen-bond acceptors (Lipinski definition) is 3. The summed E-state index contributed by atoms with van der Waals surface area (Å²) < 4.78 is 1.66. The van der Waals surface area contributed by atoms with Crippen molar-refractivity contribution in [2.24, 2.45) is 0 Å². The molecule has 0 saturated heterocycles. The minimum atomic E-state index is -0.994. The standard InChI is InChI=1S/C15H18N2O3S/c1-21-10-7-5-9(6-8-10)17-13-11(14(18)19)3-2-4-12(13)16-15(17)20/h2-4,9-10H,5-8H2,1H3,(H,16,20)(H,18,19). The van der Waals surface area contributed by atoms with E-state index in [0.717, 1.165) is 25.7 Å². The fourth-order valence-electron chi connectivity index (χ4n) is 3.24. The van der Waals surface area contributed by atoms with Crippen LogP contribution in [0.2, 0.25) is 0 Å². The predicted molar refractivity (Wildman–Crippen MR) is 84.3 cm³/mol. The third kappa shape index (κ3) is 2.48. The maximum absolute atomic E-state index is 12.3. The van der Waals surface area contributed by atoms with E-state index in [1.807, 2.05) is 11.8 Å². The third-order valence-electron chi connectivity index (χ3n) is 4.31. The Kier molecular flexibility index (Phi) is 3.80. The topological polar surface area (TPSA) is 75.1 Å². The molecule has 0 atom stereocenters. The number of nitrogens with zero attached hydrogens (tertiary/aromatic N) is 1. The number of aromatic amines is 1. The molecule has 3 rings (SSSR count). The molecule has 0 unspecified atom stereocenters. The second-order valence-corrected chi connectivity index (χ2v) is 6.61. The number of imidazole rings is 1. The average Bonchev–Trinajstić information content (AvgIpc) is 2.83. The SMILES string of the molecule is CSC1CCC(n2c(=O)[nH]c3cccc(C(=O)O)c32)CC1. The Labute approximate surface area is 126 Å². The van der Waals surface area contributed by atoms with Crippen LogP contribution in [0.15, 0.2) is 23.0 Å². The number of para-hydroxylation sites is 1. The maximum Gasteiger partial charge on any atom is 0.337 e. The fraction of sp³-hybridized carbons (Fsp3) is 0.467. The van der Waals surface area contributed by atoms with Crippen molar-refractivity contribution in [3.8, 4) is 0 Å². The minimum Gasteiger partial charge on any atom is -0.478 e. The molecule has 0 amide bonds. The molecule has 6 heteroatoms. The van der Waals surface area contributed by atoms with Crippen LogP contribution in [0.4, 0.5) is 0 Å². The van der Waals surface area contributed by atoms with Crippen LogP contribution in [0.25, 0.3) is 11.0 Å². The van der Waals surface area contributed by atoms with Gasteiger partial charge in [-0.25, -0.2) is 9.59 Å². The molecule has 1 saturated carbocycles. The summed E-state index contributed by atoms with van der Waals surface area (Å²) in [5, 5.41) is 10.0. The summed E-state index contributed by atoms with van der Waals surface area (Å²) in [4.78, 5) is 26.5. The first-order valence-electron chi connectivity index (χ1n) is 7.11. The van der Waals surface area contributed by atoms with E-state index in [0.29, 0.717) is 16.3 Å². The number of H-pyrrole nitrogens is 1. The summed E-state index contributed by atoms with van der Waals surface area (Å²) in [6.07, 6.45) is 6.10. The lowest BCUT2D eigenvalue weighted by Crippen LogP contribution is -2.27. The van der Waals surface area contributed by atoms with E-state index < -0.39 is 5.97 Å². The van der Waals surface area contributed by atoms with Gasteiger partial charge in [-0.15, -0.1) is 0 Å².